The number of benzene rings is 1. The Balaban J connectivity index is 1.61. The molecule has 0 bridgehead atoms. The van der Waals surface area contributed by atoms with Crippen molar-refractivity contribution in [2.75, 3.05) is 20.7 Å². The Labute approximate surface area is 155 Å². The zero-order valence-corrected chi connectivity index (χ0v) is 15.3. The van der Waals surface area contributed by atoms with Crippen LogP contribution in [-0.2, 0) is 19.2 Å². The molecule has 1 aromatic rings. The fourth-order valence-electron chi connectivity index (χ4n) is 3.06. The minimum absolute atomic E-state index is 0.0648. The lowest BCUT2D eigenvalue weighted by molar-refractivity contribution is -0.142. The largest absolute Gasteiger partial charge is 0.379 e. The van der Waals surface area contributed by atoms with Gasteiger partial charge in [-0.15, -0.1) is 0 Å². The van der Waals surface area contributed by atoms with Crippen molar-refractivity contribution in [3.8, 4) is 0 Å². The van der Waals surface area contributed by atoms with Gasteiger partial charge in [-0.05, 0) is 19.1 Å². The highest BCUT2D eigenvalue weighted by molar-refractivity contribution is 6.05. The maximum absolute atomic E-state index is 13.4. The standard InChI is InChI=1S/C18H21F2N3O4/c1-18(8-14(22-27-18)10-4-11(19)6-12(20)5-10)17(25)21-13-7-15(26-9-13)16(24)23(2)3/h4-6,13,15H,7-9H2,1-3H3,(H,21,25)/t13-,15-,18+/m0/s1. The minimum Gasteiger partial charge on any atom is -0.379 e. The van der Waals surface area contributed by atoms with E-state index in [0.717, 1.165) is 18.2 Å². The summed E-state index contributed by atoms with van der Waals surface area (Å²) >= 11 is 0. The van der Waals surface area contributed by atoms with Gasteiger partial charge in [-0.2, -0.15) is 0 Å². The van der Waals surface area contributed by atoms with Gasteiger partial charge in [-0.3, -0.25) is 9.59 Å². The second-order valence-electron chi connectivity index (χ2n) is 7.16. The zero-order chi connectivity index (χ0) is 19.8. The Morgan fingerprint density at radius 2 is 1.93 bits per heavy atom. The van der Waals surface area contributed by atoms with E-state index < -0.39 is 29.2 Å². The first kappa shape index (κ1) is 19.2. The molecule has 2 amide bonds. The Morgan fingerprint density at radius 3 is 2.56 bits per heavy atom. The summed E-state index contributed by atoms with van der Waals surface area (Å²) in [6.07, 6.45) is -0.165. The van der Waals surface area contributed by atoms with Crippen LogP contribution < -0.4 is 5.32 Å². The van der Waals surface area contributed by atoms with Crippen molar-refractivity contribution >= 4 is 17.5 Å². The van der Waals surface area contributed by atoms with E-state index in [1.165, 1.54) is 4.90 Å². The van der Waals surface area contributed by atoms with Gasteiger partial charge in [-0.1, -0.05) is 5.16 Å². The van der Waals surface area contributed by atoms with Crippen molar-refractivity contribution in [2.24, 2.45) is 5.16 Å². The fourth-order valence-corrected chi connectivity index (χ4v) is 3.06. The number of rotatable bonds is 4. The number of oxime groups is 1. The van der Waals surface area contributed by atoms with Gasteiger partial charge in [0.25, 0.3) is 11.8 Å². The molecule has 27 heavy (non-hydrogen) atoms. The normalized spacial score (nSPS) is 27.1. The van der Waals surface area contributed by atoms with Crippen molar-refractivity contribution in [3.05, 3.63) is 35.4 Å². The third kappa shape index (κ3) is 4.08. The fraction of sp³-hybridized carbons (Fsp3) is 0.500. The molecule has 2 heterocycles. The second-order valence-corrected chi connectivity index (χ2v) is 7.16. The first-order chi connectivity index (χ1) is 12.7. The number of hydrogen-bond acceptors (Lipinski definition) is 5. The van der Waals surface area contributed by atoms with E-state index in [0.29, 0.717) is 6.42 Å². The van der Waals surface area contributed by atoms with Crippen molar-refractivity contribution in [2.45, 2.75) is 37.5 Å². The summed E-state index contributed by atoms with van der Waals surface area (Å²) in [6.45, 7) is 1.77. The van der Waals surface area contributed by atoms with Crippen LogP contribution in [-0.4, -0.2) is 60.9 Å². The number of hydrogen-bond donors (Lipinski definition) is 1. The van der Waals surface area contributed by atoms with Crippen LogP contribution in [0.15, 0.2) is 23.4 Å². The Bertz CT molecular complexity index is 779. The molecule has 2 aliphatic heterocycles. The zero-order valence-electron chi connectivity index (χ0n) is 15.3. The van der Waals surface area contributed by atoms with Gasteiger partial charge < -0.3 is 19.8 Å². The first-order valence-electron chi connectivity index (χ1n) is 8.53. The molecule has 0 aromatic heterocycles. The molecular formula is C18H21F2N3O4. The average molecular weight is 381 g/mol. The number of carbonyl (C=O) groups is 2. The van der Waals surface area contributed by atoms with Crippen molar-refractivity contribution in [1.29, 1.82) is 0 Å². The third-order valence-electron chi connectivity index (χ3n) is 4.59. The van der Waals surface area contributed by atoms with Gasteiger partial charge in [0.05, 0.1) is 18.4 Å². The molecule has 146 valence electrons. The highest BCUT2D eigenvalue weighted by atomic mass is 19.1. The number of likely N-dealkylation sites (N-methyl/N-ethyl adjacent to an activating group) is 1. The molecular weight excluding hydrogens is 360 g/mol. The molecule has 0 spiro atoms. The SMILES string of the molecule is CN(C)C(=O)[C@@H]1C[C@H](NC(=O)[C@@]2(C)CC(c3cc(F)cc(F)c3)=NO2)CO1. The quantitative estimate of drug-likeness (QED) is 0.850. The predicted molar refractivity (Wildman–Crippen MR) is 92.0 cm³/mol. The first-order valence-corrected chi connectivity index (χ1v) is 8.53. The summed E-state index contributed by atoms with van der Waals surface area (Å²) < 4.78 is 32.2. The molecule has 1 N–H and O–H groups in total. The predicted octanol–water partition coefficient (Wildman–Crippen LogP) is 1.21. The van der Waals surface area contributed by atoms with Crippen LogP contribution >= 0.6 is 0 Å². The molecule has 1 saturated heterocycles. The molecule has 0 saturated carbocycles. The number of carbonyl (C=O) groups excluding carboxylic acids is 2. The summed E-state index contributed by atoms with van der Waals surface area (Å²) in [7, 11) is 3.28. The van der Waals surface area contributed by atoms with Crippen LogP contribution in [0.3, 0.4) is 0 Å². The Morgan fingerprint density at radius 1 is 1.26 bits per heavy atom. The van der Waals surface area contributed by atoms with Crippen LogP contribution in [0.4, 0.5) is 8.78 Å². The van der Waals surface area contributed by atoms with Crippen LogP contribution in [0.5, 0.6) is 0 Å². The van der Waals surface area contributed by atoms with Crippen molar-refractivity contribution in [1.82, 2.24) is 10.2 Å². The second kappa shape index (κ2) is 7.22. The van der Waals surface area contributed by atoms with Crippen molar-refractivity contribution < 1.29 is 27.9 Å². The highest BCUT2D eigenvalue weighted by Crippen LogP contribution is 2.28. The summed E-state index contributed by atoms with van der Waals surface area (Å²) in [5.41, 5.74) is -0.791. The molecule has 0 unspecified atom stereocenters. The van der Waals surface area contributed by atoms with Gasteiger partial charge in [0.2, 0.25) is 5.60 Å². The van der Waals surface area contributed by atoms with E-state index in [1.807, 2.05) is 0 Å². The summed E-state index contributed by atoms with van der Waals surface area (Å²) in [5.74, 6) is -2.05. The maximum Gasteiger partial charge on any atom is 0.267 e. The molecule has 2 aliphatic rings. The summed E-state index contributed by atoms with van der Waals surface area (Å²) in [4.78, 5) is 31.3. The Hall–Kier alpha value is -2.55. The van der Waals surface area contributed by atoms with Crippen LogP contribution in [0.2, 0.25) is 0 Å². The van der Waals surface area contributed by atoms with Gasteiger partial charge in [0.1, 0.15) is 17.7 Å². The van der Waals surface area contributed by atoms with Gasteiger partial charge in [0, 0.05) is 38.6 Å². The van der Waals surface area contributed by atoms with Gasteiger partial charge in [-0.25, -0.2) is 8.78 Å². The molecule has 1 fully saturated rings. The molecule has 0 aliphatic carbocycles. The number of nitrogens with one attached hydrogen (secondary N) is 1. The molecule has 7 nitrogen and oxygen atoms in total. The van der Waals surface area contributed by atoms with E-state index in [4.69, 9.17) is 9.57 Å². The van der Waals surface area contributed by atoms with Gasteiger partial charge in [0.15, 0.2) is 0 Å². The lowest BCUT2D eigenvalue weighted by atomic mass is 9.94. The summed E-state index contributed by atoms with van der Waals surface area (Å²) in [5, 5.41) is 6.63. The topological polar surface area (TPSA) is 80.2 Å². The highest BCUT2D eigenvalue weighted by Gasteiger charge is 2.44. The molecule has 1 aromatic carbocycles. The van der Waals surface area contributed by atoms with E-state index in [1.54, 1.807) is 21.0 Å². The third-order valence-corrected chi connectivity index (χ3v) is 4.59. The lowest BCUT2D eigenvalue weighted by Gasteiger charge is -2.22. The van der Waals surface area contributed by atoms with Crippen LogP contribution in [0.25, 0.3) is 0 Å². The van der Waals surface area contributed by atoms with Crippen molar-refractivity contribution in [3.63, 3.8) is 0 Å². The number of nitrogens with zero attached hydrogens (tertiary/aromatic N) is 2. The summed E-state index contributed by atoms with van der Waals surface area (Å²) in [6, 6.07) is 2.70. The van der Waals surface area contributed by atoms with E-state index in [2.05, 4.69) is 10.5 Å². The number of halogens is 2. The lowest BCUT2D eigenvalue weighted by Crippen LogP contribution is -2.49. The van der Waals surface area contributed by atoms with Gasteiger partial charge >= 0.3 is 0 Å². The average Bonchev–Trinajstić information content (AvgIpc) is 3.21. The van der Waals surface area contributed by atoms with Crippen LogP contribution in [0.1, 0.15) is 25.3 Å². The molecule has 3 rings (SSSR count). The number of amides is 2. The molecule has 0 radical (unpaired) electrons. The van der Waals surface area contributed by atoms with E-state index >= 15 is 0 Å². The van der Waals surface area contributed by atoms with E-state index in [-0.39, 0.29) is 36.3 Å². The molecule has 9 heteroatoms. The monoisotopic (exact) mass is 381 g/mol. The molecule has 3 atom stereocenters. The van der Waals surface area contributed by atoms with E-state index in [9.17, 15) is 18.4 Å². The maximum atomic E-state index is 13.4. The smallest absolute Gasteiger partial charge is 0.267 e. The van der Waals surface area contributed by atoms with Crippen LogP contribution in [0, 0.1) is 11.6 Å². The number of ether oxygens (including phenoxy) is 1. The Kier molecular flexibility index (Phi) is 5.14. The minimum atomic E-state index is -1.30.